The zero-order valence-electron chi connectivity index (χ0n) is 8.09. The van der Waals surface area contributed by atoms with Gasteiger partial charge in [-0.25, -0.2) is 15.0 Å². The fourth-order valence-corrected chi connectivity index (χ4v) is 1.27. The molecule has 0 aromatic carbocycles. The first kappa shape index (κ1) is 10.5. The quantitative estimate of drug-likeness (QED) is 0.805. The Bertz CT molecular complexity index is 503. The Morgan fingerprint density at radius 1 is 1.25 bits per heavy atom. The van der Waals surface area contributed by atoms with Crippen molar-refractivity contribution in [3.63, 3.8) is 0 Å². The Morgan fingerprint density at radius 3 is 2.81 bits per heavy atom. The van der Waals surface area contributed by atoms with Crippen LogP contribution in [-0.4, -0.2) is 20.9 Å². The SMILES string of the molecule is O=C(Nc1ccnc(Cl)c1)c1ccncn1. The van der Waals surface area contributed by atoms with Crippen LogP contribution in [0.3, 0.4) is 0 Å². The molecule has 2 aromatic heterocycles. The molecule has 0 radical (unpaired) electrons. The summed E-state index contributed by atoms with van der Waals surface area (Å²) in [5.41, 5.74) is 0.867. The van der Waals surface area contributed by atoms with Crippen LogP contribution < -0.4 is 5.32 Å². The summed E-state index contributed by atoms with van der Waals surface area (Å²) >= 11 is 5.69. The molecule has 2 rings (SSSR count). The number of hydrogen-bond donors (Lipinski definition) is 1. The number of pyridine rings is 1. The van der Waals surface area contributed by atoms with Crippen molar-refractivity contribution in [1.29, 1.82) is 0 Å². The van der Waals surface area contributed by atoms with Gasteiger partial charge in [0, 0.05) is 18.1 Å². The largest absolute Gasteiger partial charge is 0.320 e. The van der Waals surface area contributed by atoms with E-state index in [0.717, 1.165) is 0 Å². The second-order valence-corrected chi connectivity index (χ2v) is 3.30. The van der Waals surface area contributed by atoms with E-state index >= 15 is 0 Å². The Hall–Kier alpha value is -2.01. The number of hydrogen-bond acceptors (Lipinski definition) is 4. The molecule has 16 heavy (non-hydrogen) atoms. The predicted molar refractivity (Wildman–Crippen MR) is 59.2 cm³/mol. The number of halogens is 1. The topological polar surface area (TPSA) is 67.8 Å². The van der Waals surface area contributed by atoms with Gasteiger partial charge < -0.3 is 5.32 Å². The molecule has 0 atom stereocenters. The fraction of sp³-hybridized carbons (Fsp3) is 0. The van der Waals surface area contributed by atoms with Crippen molar-refractivity contribution < 1.29 is 4.79 Å². The number of amides is 1. The molecule has 1 N–H and O–H groups in total. The summed E-state index contributed by atoms with van der Waals surface area (Å²) in [7, 11) is 0. The molecule has 2 heterocycles. The van der Waals surface area contributed by atoms with Crippen LogP contribution in [-0.2, 0) is 0 Å². The van der Waals surface area contributed by atoms with Gasteiger partial charge in [-0.1, -0.05) is 11.6 Å². The van der Waals surface area contributed by atoms with Gasteiger partial charge in [-0.05, 0) is 18.2 Å². The first-order valence-corrected chi connectivity index (χ1v) is 4.82. The maximum absolute atomic E-state index is 11.7. The number of rotatable bonds is 2. The molecular weight excluding hydrogens is 228 g/mol. The summed E-state index contributed by atoms with van der Waals surface area (Å²) in [5.74, 6) is -0.315. The Kier molecular flexibility index (Phi) is 3.07. The minimum absolute atomic E-state index is 0.294. The lowest BCUT2D eigenvalue weighted by Gasteiger charge is -2.03. The summed E-state index contributed by atoms with van der Waals surface area (Å²) in [5, 5.41) is 2.97. The van der Waals surface area contributed by atoms with Crippen LogP contribution in [0.5, 0.6) is 0 Å². The van der Waals surface area contributed by atoms with Crippen molar-refractivity contribution in [3.05, 3.63) is 47.8 Å². The monoisotopic (exact) mass is 234 g/mol. The van der Waals surface area contributed by atoms with Crippen molar-refractivity contribution in [3.8, 4) is 0 Å². The number of nitrogens with zero attached hydrogens (tertiary/aromatic N) is 3. The summed E-state index contributed by atoms with van der Waals surface area (Å²) in [4.78, 5) is 23.0. The zero-order valence-corrected chi connectivity index (χ0v) is 8.85. The van der Waals surface area contributed by atoms with Crippen molar-refractivity contribution in [2.45, 2.75) is 0 Å². The van der Waals surface area contributed by atoms with E-state index in [1.165, 1.54) is 24.8 Å². The summed E-state index contributed by atoms with van der Waals surface area (Å²) in [6, 6.07) is 4.73. The number of aromatic nitrogens is 3. The Labute approximate surface area is 96.5 Å². The predicted octanol–water partition coefficient (Wildman–Crippen LogP) is 1.78. The summed E-state index contributed by atoms with van der Waals surface area (Å²) in [6.45, 7) is 0. The average molecular weight is 235 g/mol. The number of carbonyl (C=O) groups is 1. The van der Waals surface area contributed by atoms with E-state index in [1.807, 2.05) is 0 Å². The summed E-state index contributed by atoms with van der Waals surface area (Å²) in [6.07, 6.45) is 4.33. The van der Waals surface area contributed by atoms with Gasteiger partial charge >= 0.3 is 0 Å². The van der Waals surface area contributed by atoms with E-state index in [-0.39, 0.29) is 5.91 Å². The van der Waals surface area contributed by atoms with Gasteiger partial charge in [-0.3, -0.25) is 4.79 Å². The molecule has 0 aliphatic heterocycles. The lowest BCUT2D eigenvalue weighted by molar-refractivity contribution is 0.102. The molecule has 0 aliphatic rings. The van der Waals surface area contributed by atoms with Crippen molar-refractivity contribution in [2.75, 3.05) is 5.32 Å². The highest BCUT2D eigenvalue weighted by atomic mass is 35.5. The first-order valence-electron chi connectivity index (χ1n) is 4.44. The molecule has 1 amide bonds. The molecule has 0 fully saturated rings. The van der Waals surface area contributed by atoms with Gasteiger partial charge in [0.05, 0.1) is 0 Å². The molecule has 0 aliphatic carbocycles. The second-order valence-electron chi connectivity index (χ2n) is 2.92. The van der Waals surface area contributed by atoms with Crippen LogP contribution in [0, 0.1) is 0 Å². The molecule has 0 unspecified atom stereocenters. The first-order chi connectivity index (χ1) is 7.75. The molecule has 6 heteroatoms. The van der Waals surface area contributed by atoms with Gasteiger partial charge in [0.15, 0.2) is 0 Å². The number of anilines is 1. The molecule has 0 spiro atoms. The number of carbonyl (C=O) groups excluding carboxylic acids is 1. The molecule has 0 saturated carbocycles. The highest BCUT2D eigenvalue weighted by Crippen LogP contribution is 2.12. The standard InChI is InChI=1S/C10H7ClN4O/c11-9-5-7(1-4-13-9)15-10(16)8-2-3-12-6-14-8/h1-6H,(H,13,15,16). The number of nitrogens with one attached hydrogen (secondary N) is 1. The minimum Gasteiger partial charge on any atom is -0.320 e. The Morgan fingerprint density at radius 2 is 2.12 bits per heavy atom. The Balaban J connectivity index is 2.14. The van der Waals surface area contributed by atoms with Gasteiger partial charge in [-0.2, -0.15) is 0 Å². The summed E-state index contributed by atoms with van der Waals surface area (Å²) < 4.78 is 0. The average Bonchev–Trinajstić information content (AvgIpc) is 2.30. The molecular formula is C10H7ClN4O. The van der Waals surface area contributed by atoms with E-state index < -0.39 is 0 Å². The molecule has 0 bridgehead atoms. The lowest BCUT2D eigenvalue weighted by Crippen LogP contribution is -2.13. The van der Waals surface area contributed by atoms with E-state index in [0.29, 0.717) is 16.5 Å². The molecule has 80 valence electrons. The maximum atomic E-state index is 11.7. The van der Waals surface area contributed by atoms with Crippen LogP contribution in [0.2, 0.25) is 5.15 Å². The second kappa shape index (κ2) is 4.67. The normalized spacial score (nSPS) is 9.81. The van der Waals surface area contributed by atoms with Gasteiger partial charge in [0.1, 0.15) is 17.2 Å². The highest BCUT2D eigenvalue weighted by molar-refractivity contribution is 6.29. The third-order valence-electron chi connectivity index (χ3n) is 1.80. The lowest BCUT2D eigenvalue weighted by atomic mass is 10.3. The molecule has 0 saturated heterocycles. The molecule has 2 aromatic rings. The van der Waals surface area contributed by atoms with E-state index in [2.05, 4.69) is 20.3 Å². The van der Waals surface area contributed by atoms with Crippen LogP contribution in [0.25, 0.3) is 0 Å². The van der Waals surface area contributed by atoms with Crippen LogP contribution in [0.4, 0.5) is 5.69 Å². The fourth-order valence-electron chi connectivity index (χ4n) is 1.10. The van der Waals surface area contributed by atoms with Gasteiger partial charge in [-0.15, -0.1) is 0 Å². The zero-order chi connectivity index (χ0) is 11.4. The maximum Gasteiger partial charge on any atom is 0.274 e. The van der Waals surface area contributed by atoms with Crippen LogP contribution in [0.15, 0.2) is 36.9 Å². The third kappa shape index (κ3) is 2.52. The minimum atomic E-state index is -0.315. The van der Waals surface area contributed by atoms with Crippen LogP contribution in [0.1, 0.15) is 10.5 Å². The van der Waals surface area contributed by atoms with Gasteiger partial charge in [0.2, 0.25) is 0 Å². The third-order valence-corrected chi connectivity index (χ3v) is 2.01. The van der Waals surface area contributed by atoms with Crippen molar-refractivity contribution in [1.82, 2.24) is 15.0 Å². The van der Waals surface area contributed by atoms with Crippen LogP contribution >= 0.6 is 11.6 Å². The smallest absolute Gasteiger partial charge is 0.274 e. The van der Waals surface area contributed by atoms with Crippen molar-refractivity contribution in [2.24, 2.45) is 0 Å². The van der Waals surface area contributed by atoms with Gasteiger partial charge in [0.25, 0.3) is 5.91 Å². The highest BCUT2D eigenvalue weighted by Gasteiger charge is 2.06. The van der Waals surface area contributed by atoms with E-state index in [1.54, 1.807) is 12.1 Å². The van der Waals surface area contributed by atoms with Crippen molar-refractivity contribution >= 4 is 23.2 Å². The van der Waals surface area contributed by atoms with E-state index in [9.17, 15) is 4.79 Å². The molecule has 5 nitrogen and oxygen atoms in total. The van der Waals surface area contributed by atoms with E-state index in [4.69, 9.17) is 11.6 Å².